The molecule has 2 aromatic carbocycles. The number of halogens is 3. The molecule has 0 heterocycles. The first-order chi connectivity index (χ1) is 11.7. The van der Waals surface area contributed by atoms with E-state index in [1.54, 1.807) is 0 Å². The van der Waals surface area contributed by atoms with E-state index in [-0.39, 0.29) is 16.9 Å². The molecule has 25 heavy (non-hydrogen) atoms. The summed E-state index contributed by atoms with van der Waals surface area (Å²) in [5.74, 6) is -0.658. The Labute approximate surface area is 138 Å². The van der Waals surface area contributed by atoms with Crippen LogP contribution in [0.25, 0.3) is 0 Å². The molecule has 7 nitrogen and oxygen atoms in total. The van der Waals surface area contributed by atoms with Crippen LogP contribution in [0.4, 0.5) is 18.9 Å². The highest BCUT2D eigenvalue weighted by atomic mass is 19.4. The van der Waals surface area contributed by atoms with Gasteiger partial charge >= 0.3 is 6.18 Å². The molecule has 0 atom stereocenters. The van der Waals surface area contributed by atoms with E-state index in [0.717, 1.165) is 12.3 Å². The van der Waals surface area contributed by atoms with Gasteiger partial charge < -0.3 is 5.11 Å². The van der Waals surface area contributed by atoms with Crippen LogP contribution in [-0.2, 0) is 6.18 Å². The lowest BCUT2D eigenvalue weighted by atomic mass is 10.1. The van der Waals surface area contributed by atoms with Gasteiger partial charge in [-0.3, -0.25) is 14.9 Å². The lowest BCUT2D eigenvalue weighted by Gasteiger charge is -2.07. The van der Waals surface area contributed by atoms with Crippen LogP contribution in [0.3, 0.4) is 0 Å². The SMILES string of the molecule is O=C(N/N=C/c1ccc(C(F)(F)F)c([N+](=O)[O-])c1)c1ccc(O)cc1. The number of nitrogens with one attached hydrogen (secondary N) is 1. The van der Waals surface area contributed by atoms with Crippen molar-refractivity contribution in [3.05, 3.63) is 69.3 Å². The maximum Gasteiger partial charge on any atom is 0.422 e. The Kier molecular flexibility index (Phi) is 5.01. The van der Waals surface area contributed by atoms with Crippen molar-refractivity contribution in [1.82, 2.24) is 5.43 Å². The number of rotatable bonds is 4. The van der Waals surface area contributed by atoms with Crippen molar-refractivity contribution in [2.75, 3.05) is 0 Å². The van der Waals surface area contributed by atoms with E-state index >= 15 is 0 Å². The number of amides is 1. The summed E-state index contributed by atoms with van der Waals surface area (Å²) in [4.78, 5) is 21.4. The number of carbonyl (C=O) groups is 1. The Hall–Kier alpha value is -3.43. The number of aromatic hydroxyl groups is 1. The molecule has 2 aromatic rings. The van der Waals surface area contributed by atoms with E-state index in [2.05, 4.69) is 10.5 Å². The molecule has 1 amide bonds. The maximum atomic E-state index is 12.7. The van der Waals surface area contributed by atoms with Crippen molar-refractivity contribution in [3.63, 3.8) is 0 Å². The van der Waals surface area contributed by atoms with Crippen LogP contribution < -0.4 is 5.43 Å². The number of phenols is 1. The molecular weight excluding hydrogens is 343 g/mol. The van der Waals surface area contributed by atoms with Gasteiger partial charge in [0, 0.05) is 17.2 Å². The maximum absolute atomic E-state index is 12.7. The Bertz CT molecular complexity index is 833. The molecule has 130 valence electrons. The molecule has 10 heteroatoms. The molecule has 0 fully saturated rings. The van der Waals surface area contributed by atoms with Crippen LogP contribution in [0, 0.1) is 10.1 Å². The van der Waals surface area contributed by atoms with Crippen molar-refractivity contribution in [1.29, 1.82) is 0 Å². The first kappa shape index (κ1) is 17.9. The molecule has 0 spiro atoms. The largest absolute Gasteiger partial charge is 0.508 e. The average molecular weight is 353 g/mol. The summed E-state index contributed by atoms with van der Waals surface area (Å²) in [7, 11) is 0. The van der Waals surface area contributed by atoms with E-state index in [9.17, 15) is 28.1 Å². The van der Waals surface area contributed by atoms with Crippen LogP contribution in [0.5, 0.6) is 5.75 Å². The van der Waals surface area contributed by atoms with Gasteiger partial charge in [-0.2, -0.15) is 18.3 Å². The van der Waals surface area contributed by atoms with Gasteiger partial charge in [0.25, 0.3) is 11.6 Å². The first-order valence-corrected chi connectivity index (χ1v) is 6.66. The van der Waals surface area contributed by atoms with E-state index in [4.69, 9.17) is 5.11 Å². The summed E-state index contributed by atoms with van der Waals surface area (Å²) in [6.07, 6.45) is -3.88. The van der Waals surface area contributed by atoms with E-state index in [1.165, 1.54) is 24.3 Å². The third kappa shape index (κ3) is 4.53. The summed E-state index contributed by atoms with van der Waals surface area (Å²) >= 11 is 0. The predicted octanol–water partition coefficient (Wildman–Crippen LogP) is 3.08. The van der Waals surface area contributed by atoms with Gasteiger partial charge in [-0.25, -0.2) is 5.43 Å². The molecule has 0 aliphatic carbocycles. The summed E-state index contributed by atoms with van der Waals surface area (Å²) in [6.45, 7) is 0. The molecule has 0 aliphatic rings. The Morgan fingerprint density at radius 2 is 1.84 bits per heavy atom. The Morgan fingerprint density at radius 3 is 2.40 bits per heavy atom. The van der Waals surface area contributed by atoms with Crippen molar-refractivity contribution < 1.29 is 28.0 Å². The Morgan fingerprint density at radius 1 is 1.20 bits per heavy atom. The Balaban J connectivity index is 2.15. The van der Waals surface area contributed by atoms with Crippen molar-refractivity contribution in [3.8, 4) is 5.75 Å². The normalized spacial score (nSPS) is 11.5. The third-order valence-corrected chi connectivity index (χ3v) is 3.03. The minimum atomic E-state index is -4.86. The van der Waals surface area contributed by atoms with Crippen LogP contribution in [0.2, 0.25) is 0 Å². The molecule has 2 N–H and O–H groups in total. The fraction of sp³-hybridized carbons (Fsp3) is 0.0667. The number of hydrogen-bond acceptors (Lipinski definition) is 5. The predicted molar refractivity (Wildman–Crippen MR) is 81.3 cm³/mol. The highest BCUT2D eigenvalue weighted by Crippen LogP contribution is 2.36. The fourth-order valence-corrected chi connectivity index (χ4v) is 1.86. The van der Waals surface area contributed by atoms with Gasteiger partial charge in [0.2, 0.25) is 0 Å². The number of phenolic OH excluding ortho intramolecular Hbond substituents is 1. The zero-order valence-corrected chi connectivity index (χ0v) is 12.3. The number of alkyl halides is 3. The summed E-state index contributed by atoms with van der Waals surface area (Å²) < 4.78 is 38.1. The smallest absolute Gasteiger partial charge is 0.422 e. The number of nitrogens with zero attached hydrogens (tertiary/aromatic N) is 2. The van der Waals surface area contributed by atoms with Crippen LogP contribution >= 0.6 is 0 Å². The zero-order valence-electron chi connectivity index (χ0n) is 12.3. The van der Waals surface area contributed by atoms with Crippen molar-refractivity contribution in [2.45, 2.75) is 6.18 Å². The van der Waals surface area contributed by atoms with Gasteiger partial charge in [0.15, 0.2) is 0 Å². The van der Waals surface area contributed by atoms with Gasteiger partial charge in [-0.1, -0.05) is 6.07 Å². The molecule has 2 rings (SSSR count). The second-order valence-electron chi connectivity index (χ2n) is 4.78. The lowest BCUT2D eigenvalue weighted by molar-refractivity contribution is -0.388. The van der Waals surface area contributed by atoms with E-state index in [0.29, 0.717) is 12.1 Å². The van der Waals surface area contributed by atoms with Gasteiger partial charge in [0.05, 0.1) is 11.1 Å². The highest BCUT2D eigenvalue weighted by molar-refractivity contribution is 5.95. The molecule has 0 aliphatic heterocycles. The van der Waals surface area contributed by atoms with E-state index < -0.39 is 28.3 Å². The highest BCUT2D eigenvalue weighted by Gasteiger charge is 2.38. The second kappa shape index (κ2) is 6.99. The molecule has 0 unspecified atom stereocenters. The number of hydrazone groups is 1. The minimum Gasteiger partial charge on any atom is -0.508 e. The van der Waals surface area contributed by atoms with Crippen LogP contribution in [0.15, 0.2) is 47.6 Å². The molecular formula is C15H10F3N3O4. The molecule has 0 radical (unpaired) electrons. The van der Waals surface area contributed by atoms with Crippen molar-refractivity contribution >= 4 is 17.8 Å². The molecule has 0 saturated carbocycles. The number of carbonyl (C=O) groups excluding carboxylic acids is 1. The first-order valence-electron chi connectivity index (χ1n) is 6.66. The van der Waals surface area contributed by atoms with Gasteiger partial charge in [-0.15, -0.1) is 0 Å². The standard InChI is InChI=1S/C15H10F3N3O4/c16-15(17,18)12-6-1-9(7-13(12)21(24)25)8-19-20-14(23)10-2-4-11(22)5-3-10/h1-8,22H,(H,20,23)/b19-8+. The second-order valence-corrected chi connectivity index (χ2v) is 4.78. The topological polar surface area (TPSA) is 105 Å². The van der Waals surface area contributed by atoms with Crippen molar-refractivity contribution in [2.24, 2.45) is 5.10 Å². The fourth-order valence-electron chi connectivity index (χ4n) is 1.86. The van der Waals surface area contributed by atoms with Crippen LogP contribution in [-0.4, -0.2) is 22.2 Å². The zero-order chi connectivity index (χ0) is 18.6. The van der Waals surface area contributed by atoms with Crippen LogP contribution in [0.1, 0.15) is 21.5 Å². The summed E-state index contributed by atoms with van der Waals surface area (Å²) in [6, 6.07) is 7.52. The number of benzene rings is 2. The lowest BCUT2D eigenvalue weighted by Crippen LogP contribution is -2.17. The summed E-state index contributed by atoms with van der Waals surface area (Å²) in [5, 5.41) is 23.4. The monoisotopic (exact) mass is 353 g/mol. The van der Waals surface area contributed by atoms with E-state index in [1.807, 2.05) is 0 Å². The number of nitro benzene ring substituents is 1. The van der Waals surface area contributed by atoms with Gasteiger partial charge in [0.1, 0.15) is 11.3 Å². The third-order valence-electron chi connectivity index (χ3n) is 3.03. The average Bonchev–Trinajstić information content (AvgIpc) is 2.54. The molecule has 0 bridgehead atoms. The number of hydrogen-bond donors (Lipinski definition) is 2. The summed E-state index contributed by atoms with van der Waals surface area (Å²) in [5.41, 5.74) is -0.172. The number of nitro groups is 1. The minimum absolute atomic E-state index is 0.00528. The molecule has 0 aromatic heterocycles. The molecule has 0 saturated heterocycles. The quantitative estimate of drug-likeness (QED) is 0.500. The van der Waals surface area contributed by atoms with Gasteiger partial charge in [-0.05, 0) is 30.3 Å².